The van der Waals surface area contributed by atoms with Gasteiger partial charge in [0.1, 0.15) is 0 Å². The monoisotopic (exact) mass is 734 g/mol. The van der Waals surface area contributed by atoms with Crippen LogP contribution in [0, 0.1) is 0 Å². The zero-order valence-corrected chi connectivity index (χ0v) is 24.2. The summed E-state index contributed by atoms with van der Waals surface area (Å²) in [6.45, 7) is 0.326. The third-order valence-corrected chi connectivity index (χ3v) is 9.04. The molecule has 0 heterocycles. The fourth-order valence-electron chi connectivity index (χ4n) is 3.35. The molecule has 0 radical (unpaired) electrons. The van der Waals surface area contributed by atoms with E-state index in [1.807, 2.05) is 0 Å². The van der Waals surface area contributed by atoms with Gasteiger partial charge in [0.15, 0.2) is 0 Å². The zero-order chi connectivity index (χ0) is 36.6. The maximum absolute atomic E-state index is 14.9. The topological polar surface area (TPSA) is 27.7 Å². The fourth-order valence-corrected chi connectivity index (χ4v) is 5.45. The van der Waals surface area contributed by atoms with Gasteiger partial charge in [0.05, 0.1) is 0 Å². The van der Waals surface area contributed by atoms with E-state index in [0.717, 1.165) is 0 Å². The van der Waals surface area contributed by atoms with Crippen molar-refractivity contribution in [2.75, 3.05) is 7.11 Å². The highest BCUT2D eigenvalue weighted by Gasteiger charge is 2.94. The molecule has 0 aliphatic carbocycles. The molecule has 0 saturated carbocycles. The van der Waals surface area contributed by atoms with Crippen LogP contribution in [0.1, 0.15) is 59.3 Å². The lowest BCUT2D eigenvalue weighted by Crippen LogP contribution is -2.75. The summed E-state index contributed by atoms with van der Waals surface area (Å²) >= 11 is 0. The quantitative estimate of drug-likeness (QED) is 0.0752. The Morgan fingerprint density at radius 3 is 1.22 bits per heavy atom. The van der Waals surface area contributed by atoms with E-state index in [4.69, 9.17) is 0 Å². The van der Waals surface area contributed by atoms with Gasteiger partial charge in [-0.3, -0.25) is 0 Å². The Hall–Kier alpha value is -1.30. The molecular formula is C21H26F20O3Si. The molecule has 3 nitrogen and oxygen atoms in total. The number of alkyl halides is 20. The molecule has 0 spiro atoms. The van der Waals surface area contributed by atoms with Crippen molar-refractivity contribution < 1.29 is 101 Å². The fraction of sp³-hybridized carbons (Fsp3) is 1.00. The molecule has 0 aliphatic rings. The van der Waals surface area contributed by atoms with E-state index >= 15 is 0 Å². The number of rotatable bonds is 19. The van der Waals surface area contributed by atoms with Crippen molar-refractivity contribution in [3.63, 3.8) is 0 Å². The van der Waals surface area contributed by atoms with Crippen molar-refractivity contribution in [1.82, 2.24) is 0 Å². The Balaban J connectivity index is 6.61. The first-order chi connectivity index (χ1) is 19.6. The largest absolute Gasteiger partial charge is 0.507 e. The van der Waals surface area contributed by atoms with Crippen LogP contribution in [0.25, 0.3) is 0 Å². The lowest BCUT2D eigenvalue weighted by atomic mass is 9.86. The number of hydrogen-bond donors (Lipinski definition) is 0. The van der Waals surface area contributed by atoms with Gasteiger partial charge in [-0.25, -0.2) is 4.39 Å². The predicted molar refractivity (Wildman–Crippen MR) is 114 cm³/mol. The lowest BCUT2D eigenvalue weighted by molar-refractivity contribution is -0.456. The first kappa shape index (κ1) is 43.7. The Labute approximate surface area is 242 Å². The van der Waals surface area contributed by atoms with Gasteiger partial charge < -0.3 is 13.3 Å². The summed E-state index contributed by atoms with van der Waals surface area (Å²) in [4.78, 5) is 0. The molecule has 0 saturated heterocycles. The molecule has 0 aromatic carbocycles. The zero-order valence-electron chi connectivity index (χ0n) is 23.2. The molecule has 0 aliphatic heterocycles. The van der Waals surface area contributed by atoms with Gasteiger partial charge in [-0.2, -0.15) is 83.4 Å². The van der Waals surface area contributed by atoms with Crippen LogP contribution in [-0.2, 0) is 13.3 Å². The highest BCUT2D eigenvalue weighted by molar-refractivity contribution is 6.60. The van der Waals surface area contributed by atoms with Crippen molar-refractivity contribution >= 4 is 8.80 Å². The third kappa shape index (κ3) is 8.23. The van der Waals surface area contributed by atoms with Gasteiger partial charge in [-0.1, -0.05) is 20.3 Å². The number of halogens is 20. The summed E-state index contributed by atoms with van der Waals surface area (Å²) in [5.74, 6) is -61.6. The second-order valence-corrected chi connectivity index (χ2v) is 12.6. The Kier molecular flexibility index (Phi) is 12.9. The van der Waals surface area contributed by atoms with Crippen molar-refractivity contribution in [3.05, 3.63) is 0 Å². The van der Waals surface area contributed by atoms with E-state index in [0.29, 0.717) is 13.8 Å². The van der Waals surface area contributed by atoms with Crippen molar-refractivity contribution in [2.24, 2.45) is 0 Å². The molecule has 272 valence electrons. The summed E-state index contributed by atoms with van der Waals surface area (Å²) in [7, 11) is -5.48. The molecule has 24 heteroatoms. The molecule has 0 N–H and O–H groups in total. The molecule has 0 fully saturated rings. The van der Waals surface area contributed by atoms with Gasteiger partial charge in [0, 0.05) is 39.3 Å². The standard InChI is InChI=1S/C21H26F20O3Si/c1-5-15(28,29)44-45(6-2,42-4)43-12(3,22)16(30,31)18(34,35)20(38,39)21(40,41)19(36,37)17(32,33)13(23,24)10-8-7-9-11-14(25,26)27/h5-11H2,1-4H3. The van der Waals surface area contributed by atoms with E-state index in [2.05, 4.69) is 13.3 Å². The highest BCUT2D eigenvalue weighted by Crippen LogP contribution is 2.64. The molecule has 0 aromatic rings. The number of hydrogen-bond acceptors (Lipinski definition) is 3. The van der Waals surface area contributed by atoms with Crippen LogP contribution in [0.15, 0.2) is 0 Å². The first-order valence-corrected chi connectivity index (χ1v) is 14.2. The van der Waals surface area contributed by atoms with Gasteiger partial charge in [0.2, 0.25) is 0 Å². The minimum absolute atomic E-state index is 0.274. The maximum Gasteiger partial charge on any atom is 0.507 e. The Morgan fingerprint density at radius 1 is 0.489 bits per heavy atom. The van der Waals surface area contributed by atoms with Gasteiger partial charge in [-0.15, -0.1) is 0 Å². The van der Waals surface area contributed by atoms with Crippen molar-refractivity contribution in [1.29, 1.82) is 0 Å². The van der Waals surface area contributed by atoms with E-state index in [1.54, 1.807) is 0 Å². The van der Waals surface area contributed by atoms with Crippen molar-refractivity contribution in [3.8, 4) is 0 Å². The molecule has 0 aromatic heterocycles. The molecular weight excluding hydrogens is 708 g/mol. The molecule has 0 amide bonds. The minimum atomic E-state index is -8.58. The van der Waals surface area contributed by atoms with Crippen LogP contribution in [0.4, 0.5) is 87.8 Å². The Bertz CT molecular complexity index is 962. The second-order valence-electron chi connectivity index (χ2n) is 9.68. The summed E-state index contributed by atoms with van der Waals surface area (Å²) < 4.78 is 289. The summed E-state index contributed by atoms with van der Waals surface area (Å²) in [6, 6.07) is -1.25. The molecule has 0 rings (SSSR count). The number of unbranched alkanes of at least 4 members (excludes halogenated alkanes) is 2. The third-order valence-electron chi connectivity index (χ3n) is 6.25. The van der Waals surface area contributed by atoms with Crippen LogP contribution in [0.3, 0.4) is 0 Å². The predicted octanol–water partition coefficient (Wildman–Crippen LogP) is 10.3. The van der Waals surface area contributed by atoms with Gasteiger partial charge >= 0.3 is 62.5 Å². The summed E-state index contributed by atoms with van der Waals surface area (Å²) in [5, 5.41) is 0. The highest BCUT2D eigenvalue weighted by atomic mass is 28.4. The minimum Gasteiger partial charge on any atom is -0.377 e. The van der Waals surface area contributed by atoms with E-state index in [9.17, 15) is 87.8 Å². The molecule has 45 heavy (non-hydrogen) atoms. The second kappa shape index (κ2) is 13.3. The van der Waals surface area contributed by atoms with E-state index in [-0.39, 0.29) is 7.11 Å². The van der Waals surface area contributed by atoms with E-state index in [1.165, 1.54) is 0 Å². The van der Waals surface area contributed by atoms with Gasteiger partial charge in [0.25, 0.3) is 5.85 Å². The van der Waals surface area contributed by atoms with Crippen molar-refractivity contribution in [2.45, 2.75) is 125 Å². The van der Waals surface area contributed by atoms with Crippen LogP contribution >= 0.6 is 0 Å². The average Bonchev–Trinajstić information content (AvgIpc) is 2.86. The normalized spacial score (nSPS) is 18.1. The SMILES string of the molecule is CCC(F)(F)O[Si](CC)(OC)OC(C)(F)C(F)(F)C(F)(F)C(F)(F)C(F)(F)C(F)(F)C(F)(F)C(F)(F)CCCCCC(F)(F)F. The summed E-state index contributed by atoms with van der Waals surface area (Å²) in [5.41, 5.74) is 0. The molecule has 2 atom stereocenters. The van der Waals surface area contributed by atoms with E-state index < -0.39 is 120 Å². The lowest BCUT2D eigenvalue weighted by Gasteiger charge is -2.45. The van der Waals surface area contributed by atoms with Gasteiger partial charge in [-0.05, 0) is 12.8 Å². The van der Waals surface area contributed by atoms with Crippen LogP contribution < -0.4 is 0 Å². The van der Waals surface area contributed by atoms with Crippen LogP contribution in [0.5, 0.6) is 0 Å². The maximum atomic E-state index is 14.9. The van der Waals surface area contributed by atoms with Crippen LogP contribution in [-0.4, -0.2) is 75.5 Å². The Morgan fingerprint density at radius 2 is 0.867 bits per heavy atom. The molecule has 2 unspecified atom stereocenters. The average molecular weight is 734 g/mol. The van der Waals surface area contributed by atoms with Crippen LogP contribution in [0.2, 0.25) is 6.04 Å². The smallest absolute Gasteiger partial charge is 0.377 e. The first-order valence-electron chi connectivity index (χ1n) is 12.3. The molecule has 0 bridgehead atoms. The summed E-state index contributed by atoms with van der Waals surface area (Å²) in [6.07, 6.45) is -18.9.